The summed E-state index contributed by atoms with van der Waals surface area (Å²) in [6.07, 6.45) is 4.35. The molecule has 1 aromatic carbocycles. The summed E-state index contributed by atoms with van der Waals surface area (Å²) in [7, 11) is 1.49. The Morgan fingerprint density at radius 1 is 1.40 bits per heavy atom. The van der Waals surface area contributed by atoms with E-state index in [1.54, 1.807) is 18.2 Å². The van der Waals surface area contributed by atoms with Crippen molar-refractivity contribution in [1.29, 1.82) is 0 Å². The Labute approximate surface area is 118 Å². The first kappa shape index (κ1) is 15.8. The molecule has 20 heavy (non-hydrogen) atoms. The van der Waals surface area contributed by atoms with Crippen LogP contribution in [0.4, 0.5) is 0 Å². The lowest BCUT2D eigenvalue weighted by Gasteiger charge is -2.08. The minimum atomic E-state index is -1.05. The summed E-state index contributed by atoms with van der Waals surface area (Å²) in [4.78, 5) is 22.5. The van der Waals surface area contributed by atoms with Crippen molar-refractivity contribution in [3.05, 3.63) is 35.4 Å². The van der Waals surface area contributed by atoms with E-state index in [4.69, 9.17) is 9.84 Å². The molecule has 1 amide bonds. The van der Waals surface area contributed by atoms with Crippen LogP contribution in [-0.4, -0.2) is 30.6 Å². The average Bonchev–Trinajstić information content (AvgIpc) is 2.44. The molecule has 0 spiro atoms. The molecule has 108 valence electrons. The third kappa shape index (κ3) is 4.76. The second kappa shape index (κ2) is 7.99. The van der Waals surface area contributed by atoms with Crippen LogP contribution in [0.1, 0.15) is 35.7 Å². The molecule has 0 aromatic heterocycles. The Balaban J connectivity index is 2.91. The van der Waals surface area contributed by atoms with Gasteiger partial charge in [-0.2, -0.15) is 0 Å². The Morgan fingerprint density at radius 2 is 2.15 bits per heavy atom. The number of ether oxygens (including phenoxy) is 1. The molecule has 1 rings (SSSR count). The van der Waals surface area contributed by atoms with Gasteiger partial charge in [-0.1, -0.05) is 13.3 Å². The van der Waals surface area contributed by atoms with Crippen LogP contribution >= 0.6 is 0 Å². The van der Waals surface area contributed by atoms with Crippen molar-refractivity contribution in [2.24, 2.45) is 0 Å². The van der Waals surface area contributed by atoms with Gasteiger partial charge in [0.25, 0.3) is 5.91 Å². The van der Waals surface area contributed by atoms with Crippen molar-refractivity contribution in [3.63, 3.8) is 0 Å². The number of carbonyl (C=O) groups is 2. The van der Waals surface area contributed by atoms with Gasteiger partial charge in [0.2, 0.25) is 0 Å². The Hall–Kier alpha value is -2.30. The van der Waals surface area contributed by atoms with Crippen LogP contribution in [0.2, 0.25) is 0 Å². The zero-order valence-corrected chi connectivity index (χ0v) is 11.7. The quantitative estimate of drug-likeness (QED) is 0.592. The van der Waals surface area contributed by atoms with E-state index in [0.717, 1.165) is 18.9 Å². The fourth-order valence-corrected chi connectivity index (χ4v) is 1.65. The fraction of sp³-hybridized carbons (Fsp3) is 0.333. The maximum Gasteiger partial charge on any atom is 0.328 e. The standard InChI is InChI=1S/C15H19NO4/c1-3-4-9-16-15(19)12-5-7-13(20-2)11(10-12)6-8-14(17)18/h5-8,10H,3-4,9H2,1-2H3,(H,16,19)(H,17,18). The number of nitrogens with one attached hydrogen (secondary N) is 1. The van der Waals surface area contributed by atoms with Gasteiger partial charge in [-0.3, -0.25) is 4.79 Å². The fourth-order valence-electron chi connectivity index (χ4n) is 1.65. The lowest BCUT2D eigenvalue weighted by atomic mass is 10.1. The van der Waals surface area contributed by atoms with Gasteiger partial charge < -0.3 is 15.2 Å². The summed E-state index contributed by atoms with van der Waals surface area (Å²) in [6.45, 7) is 2.68. The van der Waals surface area contributed by atoms with Crippen LogP contribution < -0.4 is 10.1 Å². The third-order valence-electron chi connectivity index (χ3n) is 2.71. The molecule has 0 aliphatic rings. The van der Waals surface area contributed by atoms with Gasteiger partial charge in [0, 0.05) is 23.7 Å². The monoisotopic (exact) mass is 277 g/mol. The van der Waals surface area contributed by atoms with Crippen molar-refractivity contribution in [1.82, 2.24) is 5.32 Å². The van der Waals surface area contributed by atoms with Gasteiger partial charge in [0.1, 0.15) is 5.75 Å². The normalized spacial score (nSPS) is 10.5. The molecule has 5 nitrogen and oxygen atoms in total. The van der Waals surface area contributed by atoms with Gasteiger partial charge in [-0.25, -0.2) is 4.79 Å². The molecule has 0 fully saturated rings. The molecule has 2 N–H and O–H groups in total. The highest BCUT2D eigenvalue weighted by Crippen LogP contribution is 2.21. The molecule has 0 heterocycles. The Kier molecular flexibility index (Phi) is 6.29. The molecule has 5 heteroatoms. The lowest BCUT2D eigenvalue weighted by molar-refractivity contribution is -0.131. The molecule has 0 unspecified atom stereocenters. The number of carboxylic acids is 1. The number of hydrogen-bond acceptors (Lipinski definition) is 3. The van der Waals surface area contributed by atoms with E-state index in [2.05, 4.69) is 5.32 Å². The van der Waals surface area contributed by atoms with Crippen molar-refractivity contribution < 1.29 is 19.4 Å². The maximum atomic E-state index is 11.9. The smallest absolute Gasteiger partial charge is 0.328 e. The first-order valence-corrected chi connectivity index (χ1v) is 6.45. The predicted molar refractivity (Wildman–Crippen MR) is 76.9 cm³/mol. The minimum absolute atomic E-state index is 0.175. The lowest BCUT2D eigenvalue weighted by Crippen LogP contribution is -2.24. The SMILES string of the molecule is CCCCNC(=O)c1ccc(OC)c(C=CC(=O)O)c1. The van der Waals surface area contributed by atoms with Gasteiger partial charge in [0.05, 0.1) is 7.11 Å². The predicted octanol–water partition coefficient (Wildman–Crippen LogP) is 2.32. The third-order valence-corrected chi connectivity index (χ3v) is 2.71. The van der Waals surface area contributed by atoms with E-state index < -0.39 is 5.97 Å². The van der Waals surface area contributed by atoms with Crippen molar-refractivity contribution in [3.8, 4) is 5.75 Å². The molecule has 0 aliphatic carbocycles. The number of amides is 1. The number of carbonyl (C=O) groups excluding carboxylic acids is 1. The molecule has 0 bridgehead atoms. The van der Waals surface area contributed by atoms with Gasteiger partial charge in [-0.05, 0) is 30.7 Å². The topological polar surface area (TPSA) is 75.6 Å². The van der Waals surface area contributed by atoms with Gasteiger partial charge >= 0.3 is 5.97 Å². The number of aliphatic carboxylic acids is 1. The second-order valence-electron chi connectivity index (χ2n) is 4.24. The number of hydrogen-bond donors (Lipinski definition) is 2. The van der Waals surface area contributed by atoms with E-state index in [1.165, 1.54) is 13.2 Å². The van der Waals surface area contributed by atoms with Crippen molar-refractivity contribution in [2.45, 2.75) is 19.8 Å². The molecule has 0 atom stereocenters. The molecule has 0 radical (unpaired) electrons. The van der Waals surface area contributed by atoms with Crippen LogP contribution in [0.5, 0.6) is 5.75 Å². The van der Waals surface area contributed by atoms with E-state index in [0.29, 0.717) is 23.4 Å². The first-order valence-electron chi connectivity index (χ1n) is 6.45. The largest absolute Gasteiger partial charge is 0.496 e. The Morgan fingerprint density at radius 3 is 2.75 bits per heavy atom. The molecule has 0 saturated carbocycles. The summed E-state index contributed by atoms with van der Waals surface area (Å²) in [5, 5.41) is 11.5. The number of carboxylic acid groups (broad SMARTS) is 1. The summed E-state index contributed by atoms with van der Waals surface area (Å²) in [5.74, 6) is -0.705. The van der Waals surface area contributed by atoms with Gasteiger partial charge in [0.15, 0.2) is 0 Å². The molecular weight excluding hydrogens is 258 g/mol. The summed E-state index contributed by atoms with van der Waals surface area (Å²) >= 11 is 0. The first-order chi connectivity index (χ1) is 9.58. The van der Waals surface area contributed by atoms with Gasteiger partial charge in [-0.15, -0.1) is 0 Å². The number of unbranched alkanes of at least 4 members (excludes halogenated alkanes) is 1. The average molecular weight is 277 g/mol. The van der Waals surface area contributed by atoms with E-state index in [1.807, 2.05) is 6.92 Å². The summed E-state index contributed by atoms with van der Waals surface area (Å²) in [6, 6.07) is 4.91. The van der Waals surface area contributed by atoms with E-state index in [-0.39, 0.29) is 5.91 Å². The highest BCUT2D eigenvalue weighted by Gasteiger charge is 2.08. The van der Waals surface area contributed by atoms with Crippen molar-refractivity contribution in [2.75, 3.05) is 13.7 Å². The minimum Gasteiger partial charge on any atom is -0.496 e. The van der Waals surface area contributed by atoms with Crippen LogP contribution in [0, 0.1) is 0 Å². The highest BCUT2D eigenvalue weighted by atomic mass is 16.5. The second-order valence-corrected chi connectivity index (χ2v) is 4.24. The number of rotatable bonds is 7. The van der Waals surface area contributed by atoms with Crippen LogP contribution in [0.3, 0.4) is 0 Å². The maximum absolute atomic E-state index is 11.9. The molecule has 1 aromatic rings. The zero-order chi connectivity index (χ0) is 15.0. The number of methoxy groups -OCH3 is 1. The van der Waals surface area contributed by atoms with Crippen LogP contribution in [0.15, 0.2) is 24.3 Å². The summed E-state index contributed by atoms with van der Waals surface area (Å²) < 4.78 is 5.14. The molecule has 0 saturated heterocycles. The summed E-state index contributed by atoms with van der Waals surface area (Å²) in [5.41, 5.74) is 1.03. The van der Waals surface area contributed by atoms with E-state index >= 15 is 0 Å². The highest BCUT2D eigenvalue weighted by molar-refractivity contribution is 5.95. The van der Waals surface area contributed by atoms with Crippen LogP contribution in [-0.2, 0) is 4.79 Å². The molecular formula is C15H19NO4. The molecule has 0 aliphatic heterocycles. The number of benzene rings is 1. The Bertz CT molecular complexity index is 509. The van der Waals surface area contributed by atoms with Crippen molar-refractivity contribution >= 4 is 18.0 Å². The van der Waals surface area contributed by atoms with E-state index in [9.17, 15) is 9.59 Å². The van der Waals surface area contributed by atoms with Crippen LogP contribution in [0.25, 0.3) is 6.08 Å². The zero-order valence-electron chi connectivity index (χ0n) is 11.7.